The smallest absolute Gasteiger partial charge is 0.0950 e. The fraction of sp³-hybridized carbons (Fsp3) is 0.471. The van der Waals surface area contributed by atoms with Crippen LogP contribution in [-0.4, -0.2) is 22.6 Å². The van der Waals surface area contributed by atoms with Crippen LogP contribution in [0.2, 0.25) is 0 Å². The molecule has 2 aromatic rings. The number of piperidine rings is 1. The molecule has 2 atom stereocenters. The summed E-state index contributed by atoms with van der Waals surface area (Å²) in [5, 5.41) is 3.54. The van der Waals surface area contributed by atoms with Gasteiger partial charge in [-0.15, -0.1) is 0 Å². The van der Waals surface area contributed by atoms with E-state index in [2.05, 4.69) is 65.2 Å². The van der Waals surface area contributed by atoms with E-state index in [0.717, 1.165) is 13.1 Å². The molecule has 2 heterocycles. The van der Waals surface area contributed by atoms with Gasteiger partial charge in [0.15, 0.2) is 0 Å². The van der Waals surface area contributed by atoms with E-state index in [0.29, 0.717) is 17.9 Å². The molecular formula is C17H23N3. The van der Waals surface area contributed by atoms with E-state index in [1.165, 1.54) is 17.7 Å². The van der Waals surface area contributed by atoms with Gasteiger partial charge in [-0.2, -0.15) is 0 Å². The standard InChI is InChI=1S/C17H23N3/c1-13(2)20-12-19-11-17(20)15-8-9-18-10-16(15)14-6-4-3-5-7-14/h3-7,11-13,15-16,18H,8-10H2,1-2H3. The van der Waals surface area contributed by atoms with Crippen LogP contribution in [-0.2, 0) is 0 Å². The third kappa shape index (κ3) is 2.50. The summed E-state index contributed by atoms with van der Waals surface area (Å²) < 4.78 is 2.33. The van der Waals surface area contributed by atoms with E-state index < -0.39 is 0 Å². The lowest BCUT2D eigenvalue weighted by molar-refractivity contribution is 0.381. The van der Waals surface area contributed by atoms with Crippen LogP contribution in [0.3, 0.4) is 0 Å². The molecule has 1 aromatic heterocycles. The number of benzene rings is 1. The lowest BCUT2D eigenvalue weighted by Crippen LogP contribution is -2.34. The zero-order valence-electron chi connectivity index (χ0n) is 12.3. The molecule has 3 heteroatoms. The van der Waals surface area contributed by atoms with Crippen LogP contribution in [0, 0.1) is 0 Å². The molecule has 0 spiro atoms. The Bertz CT molecular complexity index is 544. The molecule has 106 valence electrons. The topological polar surface area (TPSA) is 29.9 Å². The van der Waals surface area contributed by atoms with Crippen LogP contribution in [0.25, 0.3) is 0 Å². The Labute approximate surface area is 121 Å². The molecule has 3 rings (SSSR count). The zero-order valence-corrected chi connectivity index (χ0v) is 12.3. The predicted octanol–water partition coefficient (Wildman–Crippen LogP) is 3.32. The van der Waals surface area contributed by atoms with Crippen LogP contribution in [0.4, 0.5) is 0 Å². The van der Waals surface area contributed by atoms with E-state index in [9.17, 15) is 0 Å². The van der Waals surface area contributed by atoms with Crippen molar-refractivity contribution in [3.63, 3.8) is 0 Å². The molecule has 1 N–H and O–H groups in total. The van der Waals surface area contributed by atoms with Crippen LogP contribution in [0.5, 0.6) is 0 Å². The van der Waals surface area contributed by atoms with E-state index >= 15 is 0 Å². The van der Waals surface area contributed by atoms with Crippen LogP contribution < -0.4 is 5.32 Å². The summed E-state index contributed by atoms with van der Waals surface area (Å²) >= 11 is 0. The first-order chi connectivity index (χ1) is 9.77. The molecule has 1 aliphatic rings. The second kappa shape index (κ2) is 5.80. The maximum Gasteiger partial charge on any atom is 0.0950 e. The first-order valence-corrected chi connectivity index (χ1v) is 7.54. The second-order valence-corrected chi connectivity index (χ2v) is 5.94. The molecule has 1 saturated heterocycles. The van der Waals surface area contributed by atoms with Gasteiger partial charge in [0.1, 0.15) is 0 Å². The summed E-state index contributed by atoms with van der Waals surface area (Å²) in [7, 11) is 0. The maximum absolute atomic E-state index is 4.39. The van der Waals surface area contributed by atoms with E-state index in [1.807, 2.05) is 6.33 Å². The highest BCUT2D eigenvalue weighted by Crippen LogP contribution is 2.37. The number of nitrogens with one attached hydrogen (secondary N) is 1. The number of aromatic nitrogens is 2. The normalized spacial score (nSPS) is 23.1. The lowest BCUT2D eigenvalue weighted by Gasteiger charge is -2.33. The third-order valence-electron chi connectivity index (χ3n) is 4.34. The van der Waals surface area contributed by atoms with E-state index in [1.54, 1.807) is 0 Å². The Morgan fingerprint density at radius 3 is 2.75 bits per heavy atom. The zero-order chi connectivity index (χ0) is 13.9. The molecule has 20 heavy (non-hydrogen) atoms. The summed E-state index contributed by atoms with van der Waals surface area (Å²) in [4.78, 5) is 4.39. The summed E-state index contributed by atoms with van der Waals surface area (Å²) in [6, 6.07) is 11.3. The Hall–Kier alpha value is -1.61. The van der Waals surface area contributed by atoms with Gasteiger partial charge < -0.3 is 9.88 Å². The van der Waals surface area contributed by atoms with Crippen LogP contribution in [0.1, 0.15) is 49.4 Å². The van der Waals surface area contributed by atoms with Crippen LogP contribution >= 0.6 is 0 Å². The minimum absolute atomic E-state index is 0.471. The van der Waals surface area contributed by atoms with Crippen molar-refractivity contribution < 1.29 is 0 Å². The number of hydrogen-bond donors (Lipinski definition) is 1. The van der Waals surface area contributed by atoms with Gasteiger partial charge in [0.25, 0.3) is 0 Å². The minimum atomic E-state index is 0.471. The number of hydrogen-bond acceptors (Lipinski definition) is 2. The van der Waals surface area contributed by atoms with Gasteiger partial charge in [-0.3, -0.25) is 0 Å². The fourth-order valence-electron chi connectivity index (χ4n) is 3.30. The largest absolute Gasteiger partial charge is 0.332 e. The highest BCUT2D eigenvalue weighted by atomic mass is 15.1. The SMILES string of the molecule is CC(C)n1cncc1C1CCNCC1c1ccccc1. The molecule has 2 unspecified atom stereocenters. The Kier molecular flexibility index (Phi) is 3.88. The lowest BCUT2D eigenvalue weighted by atomic mass is 9.79. The van der Waals surface area contributed by atoms with Gasteiger partial charge in [0.2, 0.25) is 0 Å². The maximum atomic E-state index is 4.39. The van der Waals surface area contributed by atoms with E-state index in [-0.39, 0.29) is 0 Å². The molecule has 0 aliphatic carbocycles. The molecular weight excluding hydrogens is 246 g/mol. The summed E-state index contributed by atoms with van der Waals surface area (Å²) in [6.45, 7) is 6.60. The molecule has 0 amide bonds. The Morgan fingerprint density at radius 2 is 2.00 bits per heavy atom. The van der Waals surface area contributed by atoms with Crippen LogP contribution in [0.15, 0.2) is 42.9 Å². The van der Waals surface area contributed by atoms with Gasteiger partial charge in [0.05, 0.1) is 6.33 Å². The van der Waals surface area contributed by atoms with Gasteiger partial charge in [0, 0.05) is 36.3 Å². The first-order valence-electron chi connectivity index (χ1n) is 7.54. The summed E-state index contributed by atoms with van der Waals surface area (Å²) in [5.41, 5.74) is 2.82. The average molecular weight is 269 g/mol. The molecule has 1 fully saturated rings. The molecule has 0 radical (unpaired) electrons. The number of rotatable bonds is 3. The van der Waals surface area contributed by atoms with Crippen molar-refractivity contribution in [3.05, 3.63) is 54.1 Å². The van der Waals surface area contributed by atoms with Crippen molar-refractivity contribution in [1.82, 2.24) is 14.9 Å². The van der Waals surface area contributed by atoms with Crippen molar-refractivity contribution in [2.75, 3.05) is 13.1 Å². The molecule has 0 bridgehead atoms. The monoisotopic (exact) mass is 269 g/mol. The van der Waals surface area contributed by atoms with Crippen molar-refractivity contribution in [2.45, 2.75) is 38.1 Å². The molecule has 0 saturated carbocycles. The minimum Gasteiger partial charge on any atom is -0.332 e. The highest BCUT2D eigenvalue weighted by Gasteiger charge is 2.30. The highest BCUT2D eigenvalue weighted by molar-refractivity contribution is 5.26. The predicted molar refractivity (Wildman–Crippen MR) is 82.0 cm³/mol. The van der Waals surface area contributed by atoms with Gasteiger partial charge in [-0.1, -0.05) is 30.3 Å². The first kappa shape index (κ1) is 13.4. The average Bonchev–Trinajstić information content (AvgIpc) is 2.98. The number of nitrogens with zero attached hydrogens (tertiary/aromatic N) is 2. The van der Waals surface area contributed by atoms with E-state index in [4.69, 9.17) is 0 Å². The quantitative estimate of drug-likeness (QED) is 0.926. The van der Waals surface area contributed by atoms with Gasteiger partial charge in [-0.25, -0.2) is 4.98 Å². The second-order valence-electron chi connectivity index (χ2n) is 5.94. The summed E-state index contributed by atoms with van der Waals surface area (Å²) in [5.74, 6) is 1.10. The number of imidazole rings is 1. The van der Waals surface area contributed by atoms with Crippen molar-refractivity contribution >= 4 is 0 Å². The fourth-order valence-corrected chi connectivity index (χ4v) is 3.30. The Balaban J connectivity index is 1.95. The summed E-state index contributed by atoms with van der Waals surface area (Å²) in [6.07, 6.45) is 5.22. The third-order valence-corrected chi connectivity index (χ3v) is 4.34. The molecule has 1 aromatic carbocycles. The van der Waals surface area contributed by atoms with Gasteiger partial charge >= 0.3 is 0 Å². The van der Waals surface area contributed by atoms with Crippen molar-refractivity contribution in [2.24, 2.45) is 0 Å². The molecule has 3 nitrogen and oxygen atoms in total. The van der Waals surface area contributed by atoms with Crippen molar-refractivity contribution in [3.8, 4) is 0 Å². The van der Waals surface area contributed by atoms with Gasteiger partial charge in [-0.05, 0) is 32.4 Å². The Morgan fingerprint density at radius 1 is 1.20 bits per heavy atom. The van der Waals surface area contributed by atoms with Crippen molar-refractivity contribution in [1.29, 1.82) is 0 Å². The molecule has 1 aliphatic heterocycles.